The van der Waals surface area contributed by atoms with E-state index in [2.05, 4.69) is 15.5 Å². The van der Waals surface area contributed by atoms with Crippen LogP contribution in [0.5, 0.6) is 0 Å². The number of aromatic nitrogens is 3. The Morgan fingerprint density at radius 3 is 2.79 bits per heavy atom. The van der Waals surface area contributed by atoms with Crippen molar-refractivity contribution in [1.29, 1.82) is 0 Å². The molecule has 1 rings (SSSR count). The molecule has 2 N–H and O–H groups in total. The molecule has 0 unspecified atom stereocenters. The molecule has 1 heterocycles. The van der Waals surface area contributed by atoms with Gasteiger partial charge in [0.1, 0.15) is 12.2 Å². The van der Waals surface area contributed by atoms with E-state index in [4.69, 9.17) is 5.11 Å². The van der Waals surface area contributed by atoms with Crippen molar-refractivity contribution >= 4 is 0 Å². The lowest BCUT2D eigenvalue weighted by Crippen LogP contribution is -2.32. The molecule has 0 saturated heterocycles. The van der Waals surface area contributed by atoms with Gasteiger partial charge < -0.3 is 15.0 Å². The molecule has 0 aromatic carbocycles. The second kappa shape index (κ2) is 4.52. The lowest BCUT2D eigenvalue weighted by atomic mass is 9.95. The molecule has 1 aromatic heterocycles. The van der Waals surface area contributed by atoms with Crippen LogP contribution >= 0.6 is 0 Å². The Morgan fingerprint density at radius 2 is 2.29 bits per heavy atom. The molecule has 0 amide bonds. The van der Waals surface area contributed by atoms with E-state index in [0.717, 1.165) is 12.4 Å². The van der Waals surface area contributed by atoms with E-state index >= 15 is 0 Å². The van der Waals surface area contributed by atoms with Crippen molar-refractivity contribution in [2.45, 2.75) is 20.4 Å². The van der Waals surface area contributed by atoms with Gasteiger partial charge in [0.05, 0.1) is 6.54 Å². The summed E-state index contributed by atoms with van der Waals surface area (Å²) in [6, 6.07) is 0. The summed E-state index contributed by atoms with van der Waals surface area (Å²) >= 11 is 0. The Kier molecular flexibility index (Phi) is 3.60. The lowest BCUT2D eigenvalue weighted by molar-refractivity contribution is 0.156. The van der Waals surface area contributed by atoms with E-state index in [1.54, 1.807) is 6.33 Å². The normalized spacial score (nSPS) is 12.0. The predicted octanol–water partition coefficient (Wildman–Crippen LogP) is -0.0768. The van der Waals surface area contributed by atoms with Gasteiger partial charge in [0.15, 0.2) is 0 Å². The van der Waals surface area contributed by atoms with Crippen molar-refractivity contribution in [3.8, 4) is 0 Å². The first kappa shape index (κ1) is 11.1. The Hall–Kier alpha value is -0.940. The van der Waals surface area contributed by atoms with Crippen LogP contribution in [0.3, 0.4) is 0 Å². The van der Waals surface area contributed by atoms with Crippen molar-refractivity contribution in [3.05, 3.63) is 12.2 Å². The number of rotatable bonds is 5. The zero-order valence-electron chi connectivity index (χ0n) is 8.99. The Balaban J connectivity index is 2.32. The molecular formula is C9H18N4O. The quantitative estimate of drug-likeness (QED) is 0.695. The van der Waals surface area contributed by atoms with E-state index in [9.17, 15) is 0 Å². The fourth-order valence-corrected chi connectivity index (χ4v) is 1.04. The molecule has 0 fully saturated rings. The zero-order valence-corrected chi connectivity index (χ0v) is 8.99. The van der Waals surface area contributed by atoms with Gasteiger partial charge in [0, 0.05) is 25.6 Å². The van der Waals surface area contributed by atoms with Gasteiger partial charge in [-0.3, -0.25) is 0 Å². The van der Waals surface area contributed by atoms with Crippen LogP contribution in [-0.2, 0) is 13.6 Å². The standard InChI is InChI=1S/C9H18N4O/c1-9(2,6-14)5-10-4-8-12-11-7-13(8)3/h7,10,14H,4-6H2,1-3H3. The van der Waals surface area contributed by atoms with E-state index in [0.29, 0.717) is 6.54 Å². The highest BCUT2D eigenvalue weighted by Gasteiger charge is 2.15. The maximum atomic E-state index is 9.03. The molecular weight excluding hydrogens is 180 g/mol. The Bertz CT molecular complexity index is 282. The second-order valence-electron chi connectivity index (χ2n) is 4.28. The van der Waals surface area contributed by atoms with Crippen LogP contribution in [-0.4, -0.2) is 33.0 Å². The first-order chi connectivity index (χ1) is 6.55. The van der Waals surface area contributed by atoms with Crippen LogP contribution < -0.4 is 5.32 Å². The average Bonchev–Trinajstić information content (AvgIpc) is 2.52. The maximum Gasteiger partial charge on any atom is 0.146 e. The van der Waals surface area contributed by atoms with Gasteiger partial charge in [0.25, 0.3) is 0 Å². The van der Waals surface area contributed by atoms with Gasteiger partial charge in [-0.1, -0.05) is 13.8 Å². The minimum absolute atomic E-state index is 0.0847. The van der Waals surface area contributed by atoms with E-state index in [-0.39, 0.29) is 12.0 Å². The van der Waals surface area contributed by atoms with Crippen LogP contribution in [0.1, 0.15) is 19.7 Å². The van der Waals surface area contributed by atoms with Crippen molar-refractivity contribution in [2.75, 3.05) is 13.2 Å². The number of aliphatic hydroxyl groups excluding tert-OH is 1. The van der Waals surface area contributed by atoms with Gasteiger partial charge in [-0.25, -0.2) is 0 Å². The van der Waals surface area contributed by atoms with Crippen LogP contribution in [0.15, 0.2) is 6.33 Å². The topological polar surface area (TPSA) is 63.0 Å². The van der Waals surface area contributed by atoms with Gasteiger partial charge >= 0.3 is 0 Å². The molecule has 80 valence electrons. The van der Waals surface area contributed by atoms with Crippen molar-refractivity contribution < 1.29 is 5.11 Å². The Morgan fingerprint density at radius 1 is 1.57 bits per heavy atom. The minimum Gasteiger partial charge on any atom is -0.396 e. The first-order valence-corrected chi connectivity index (χ1v) is 4.69. The average molecular weight is 198 g/mol. The molecule has 0 spiro atoms. The zero-order chi connectivity index (χ0) is 10.6. The van der Waals surface area contributed by atoms with Crippen molar-refractivity contribution in [1.82, 2.24) is 20.1 Å². The summed E-state index contributed by atoms with van der Waals surface area (Å²) in [6.07, 6.45) is 1.67. The first-order valence-electron chi connectivity index (χ1n) is 4.69. The third kappa shape index (κ3) is 3.08. The molecule has 0 aliphatic heterocycles. The highest BCUT2D eigenvalue weighted by molar-refractivity contribution is 4.84. The predicted molar refractivity (Wildman–Crippen MR) is 53.6 cm³/mol. The fourth-order valence-electron chi connectivity index (χ4n) is 1.04. The van der Waals surface area contributed by atoms with E-state index in [1.165, 1.54) is 0 Å². The number of nitrogens with one attached hydrogen (secondary N) is 1. The molecule has 0 aliphatic carbocycles. The van der Waals surface area contributed by atoms with Gasteiger partial charge in [0.2, 0.25) is 0 Å². The van der Waals surface area contributed by atoms with E-state index in [1.807, 2.05) is 25.5 Å². The fraction of sp³-hybridized carbons (Fsp3) is 0.778. The SMILES string of the molecule is Cn1cnnc1CNCC(C)(C)CO. The van der Waals surface area contributed by atoms with Gasteiger partial charge in [-0.15, -0.1) is 10.2 Å². The molecule has 14 heavy (non-hydrogen) atoms. The second-order valence-corrected chi connectivity index (χ2v) is 4.28. The number of hydrogen-bond donors (Lipinski definition) is 2. The summed E-state index contributed by atoms with van der Waals surface area (Å²) in [6.45, 7) is 5.64. The highest BCUT2D eigenvalue weighted by Crippen LogP contribution is 2.11. The summed E-state index contributed by atoms with van der Waals surface area (Å²) < 4.78 is 1.87. The van der Waals surface area contributed by atoms with Crippen LogP contribution in [0.2, 0.25) is 0 Å². The maximum absolute atomic E-state index is 9.03. The molecule has 0 atom stereocenters. The van der Waals surface area contributed by atoms with Crippen LogP contribution in [0.4, 0.5) is 0 Å². The molecule has 1 aromatic rings. The number of hydrogen-bond acceptors (Lipinski definition) is 4. The third-order valence-electron chi connectivity index (χ3n) is 2.12. The van der Waals surface area contributed by atoms with Crippen LogP contribution in [0, 0.1) is 5.41 Å². The van der Waals surface area contributed by atoms with Gasteiger partial charge in [-0.2, -0.15) is 0 Å². The molecule has 0 saturated carbocycles. The summed E-state index contributed by atoms with van der Waals surface area (Å²) in [5.74, 6) is 0.902. The lowest BCUT2D eigenvalue weighted by Gasteiger charge is -2.21. The molecule has 5 nitrogen and oxygen atoms in total. The van der Waals surface area contributed by atoms with Crippen LogP contribution in [0.25, 0.3) is 0 Å². The minimum atomic E-state index is -0.0847. The summed E-state index contributed by atoms with van der Waals surface area (Å²) in [5, 5.41) is 20.0. The molecule has 5 heteroatoms. The number of aryl methyl sites for hydroxylation is 1. The summed E-state index contributed by atoms with van der Waals surface area (Å²) in [4.78, 5) is 0. The summed E-state index contributed by atoms with van der Waals surface area (Å²) in [7, 11) is 1.91. The Labute approximate surface area is 84.2 Å². The van der Waals surface area contributed by atoms with Gasteiger partial charge in [-0.05, 0) is 0 Å². The molecule has 0 bridgehead atoms. The molecule has 0 radical (unpaired) electrons. The van der Waals surface area contributed by atoms with Crippen molar-refractivity contribution in [2.24, 2.45) is 12.5 Å². The highest BCUT2D eigenvalue weighted by atomic mass is 16.3. The monoisotopic (exact) mass is 198 g/mol. The number of aliphatic hydroxyl groups is 1. The largest absolute Gasteiger partial charge is 0.396 e. The van der Waals surface area contributed by atoms with E-state index < -0.39 is 0 Å². The number of nitrogens with zero attached hydrogens (tertiary/aromatic N) is 3. The van der Waals surface area contributed by atoms with Crippen molar-refractivity contribution in [3.63, 3.8) is 0 Å². The smallest absolute Gasteiger partial charge is 0.146 e. The summed E-state index contributed by atoms with van der Waals surface area (Å²) in [5.41, 5.74) is -0.0847. The molecule has 0 aliphatic rings. The third-order valence-corrected chi connectivity index (χ3v) is 2.12.